The number of carbonyl (C=O) groups excluding carboxylic acids is 2. The molecule has 4 nitrogen and oxygen atoms in total. The van der Waals surface area contributed by atoms with E-state index in [9.17, 15) is 14.0 Å². The second-order valence-corrected chi connectivity index (χ2v) is 4.87. The molecule has 18 heavy (non-hydrogen) atoms. The van der Waals surface area contributed by atoms with Gasteiger partial charge in [-0.05, 0) is 18.2 Å². The number of hydrogen-bond acceptors (Lipinski definition) is 3. The van der Waals surface area contributed by atoms with Crippen molar-refractivity contribution in [3.8, 4) is 6.07 Å². The van der Waals surface area contributed by atoms with E-state index in [4.69, 9.17) is 5.26 Å². The number of hydrogen-bond donors (Lipinski definition) is 0. The van der Waals surface area contributed by atoms with Gasteiger partial charge in [-0.25, -0.2) is 4.39 Å². The number of nitriles is 1. The zero-order chi connectivity index (χ0) is 13.5. The largest absolute Gasteiger partial charge is 0.274 e. The molecule has 0 aromatic heterocycles. The maximum atomic E-state index is 13.2. The Labute approximate surface area is 104 Å². The van der Waals surface area contributed by atoms with E-state index in [0.717, 1.165) is 11.0 Å². The molecule has 1 aromatic rings. The molecule has 5 heteroatoms. The van der Waals surface area contributed by atoms with E-state index >= 15 is 0 Å². The van der Waals surface area contributed by atoms with Gasteiger partial charge in [0.15, 0.2) is 0 Å². The van der Waals surface area contributed by atoms with Crippen molar-refractivity contribution in [2.75, 3.05) is 4.90 Å². The van der Waals surface area contributed by atoms with Gasteiger partial charge < -0.3 is 0 Å². The molecule has 1 aliphatic heterocycles. The number of benzene rings is 1. The van der Waals surface area contributed by atoms with Crippen molar-refractivity contribution >= 4 is 17.5 Å². The topological polar surface area (TPSA) is 61.2 Å². The summed E-state index contributed by atoms with van der Waals surface area (Å²) in [6.45, 7) is 3.37. The van der Waals surface area contributed by atoms with E-state index in [1.165, 1.54) is 12.1 Å². The molecule has 0 spiro atoms. The van der Waals surface area contributed by atoms with Crippen LogP contribution in [0.3, 0.4) is 0 Å². The lowest BCUT2D eigenvalue weighted by molar-refractivity contribution is -0.124. The van der Waals surface area contributed by atoms with Crippen LogP contribution < -0.4 is 4.90 Å². The van der Waals surface area contributed by atoms with E-state index in [-0.39, 0.29) is 29.5 Å². The Morgan fingerprint density at radius 3 is 2.56 bits per heavy atom. The highest BCUT2D eigenvalue weighted by molar-refractivity contribution is 6.22. The maximum Gasteiger partial charge on any atom is 0.239 e. The summed E-state index contributed by atoms with van der Waals surface area (Å²) in [5, 5.41) is 8.74. The van der Waals surface area contributed by atoms with Crippen LogP contribution in [0.2, 0.25) is 0 Å². The van der Waals surface area contributed by atoms with Gasteiger partial charge in [0.05, 0.1) is 16.7 Å². The number of anilines is 1. The van der Waals surface area contributed by atoms with Gasteiger partial charge >= 0.3 is 0 Å². The van der Waals surface area contributed by atoms with Crippen molar-refractivity contribution in [3.05, 3.63) is 29.6 Å². The summed E-state index contributed by atoms with van der Waals surface area (Å²) in [6, 6.07) is 5.31. The van der Waals surface area contributed by atoms with Gasteiger partial charge in [-0.3, -0.25) is 14.5 Å². The first-order valence-corrected chi connectivity index (χ1v) is 5.44. The van der Waals surface area contributed by atoms with Crippen LogP contribution in [-0.2, 0) is 9.59 Å². The molecule has 0 aliphatic carbocycles. The predicted molar refractivity (Wildman–Crippen MR) is 62.0 cm³/mol. The molecule has 0 saturated carbocycles. The van der Waals surface area contributed by atoms with Crippen LogP contribution in [0.15, 0.2) is 18.2 Å². The summed E-state index contributed by atoms with van der Waals surface area (Å²) in [4.78, 5) is 24.9. The monoisotopic (exact) mass is 246 g/mol. The van der Waals surface area contributed by atoms with Crippen LogP contribution in [0.5, 0.6) is 0 Å². The standard InChI is InChI=1S/C13H11FN2O2/c1-13(2)6-11(17)16(12(13)18)9-3-4-10(14)8(5-9)7-15/h3-5H,6H2,1-2H3. The zero-order valence-electron chi connectivity index (χ0n) is 10.0. The molecule has 92 valence electrons. The van der Waals surface area contributed by atoms with Gasteiger partial charge in [0.25, 0.3) is 0 Å². The van der Waals surface area contributed by atoms with Crippen molar-refractivity contribution in [1.82, 2.24) is 0 Å². The van der Waals surface area contributed by atoms with Gasteiger partial charge in [0, 0.05) is 6.42 Å². The molecule has 0 radical (unpaired) electrons. The van der Waals surface area contributed by atoms with E-state index in [0.29, 0.717) is 0 Å². The Hall–Kier alpha value is -2.22. The Morgan fingerprint density at radius 2 is 2.06 bits per heavy atom. The van der Waals surface area contributed by atoms with Crippen molar-refractivity contribution in [1.29, 1.82) is 5.26 Å². The van der Waals surface area contributed by atoms with Crippen LogP contribution in [-0.4, -0.2) is 11.8 Å². The van der Waals surface area contributed by atoms with E-state index in [1.807, 2.05) is 0 Å². The number of imide groups is 1. The number of carbonyl (C=O) groups is 2. The van der Waals surface area contributed by atoms with Gasteiger partial charge in [-0.15, -0.1) is 0 Å². The second kappa shape index (κ2) is 3.91. The van der Waals surface area contributed by atoms with Crippen LogP contribution in [0.1, 0.15) is 25.8 Å². The third-order valence-electron chi connectivity index (χ3n) is 2.95. The molecule has 2 amide bonds. The molecule has 0 N–H and O–H groups in total. The Bertz CT molecular complexity index is 587. The quantitative estimate of drug-likeness (QED) is 0.712. The molecule has 1 heterocycles. The first-order chi connectivity index (χ1) is 8.36. The molecule has 1 aromatic carbocycles. The predicted octanol–water partition coefficient (Wildman–Crippen LogP) is 1.99. The molecule has 1 fully saturated rings. The lowest BCUT2D eigenvalue weighted by atomic mass is 9.92. The summed E-state index contributed by atoms with van der Waals surface area (Å²) >= 11 is 0. The molecule has 1 saturated heterocycles. The second-order valence-electron chi connectivity index (χ2n) is 4.87. The molecule has 2 rings (SSSR count). The van der Waals surface area contributed by atoms with Crippen molar-refractivity contribution in [3.63, 3.8) is 0 Å². The fourth-order valence-electron chi connectivity index (χ4n) is 1.95. The van der Waals surface area contributed by atoms with Crippen molar-refractivity contribution in [2.24, 2.45) is 5.41 Å². The molecule has 0 bridgehead atoms. The normalized spacial score (nSPS) is 18.0. The highest BCUT2D eigenvalue weighted by Gasteiger charge is 2.45. The minimum absolute atomic E-state index is 0.116. The lowest BCUT2D eigenvalue weighted by Crippen LogP contribution is -2.33. The van der Waals surface area contributed by atoms with Crippen LogP contribution >= 0.6 is 0 Å². The molecule has 1 aliphatic rings. The smallest absolute Gasteiger partial charge is 0.239 e. The fourth-order valence-corrected chi connectivity index (χ4v) is 1.95. The minimum atomic E-state index is -0.752. The average molecular weight is 246 g/mol. The highest BCUT2D eigenvalue weighted by atomic mass is 19.1. The van der Waals surface area contributed by atoms with Gasteiger partial charge in [-0.1, -0.05) is 13.8 Å². The van der Waals surface area contributed by atoms with Gasteiger partial charge in [0.1, 0.15) is 11.9 Å². The number of rotatable bonds is 1. The summed E-state index contributed by atoms with van der Waals surface area (Å²) in [5.41, 5.74) is -0.690. The Kier molecular flexibility index (Phi) is 2.66. The Morgan fingerprint density at radius 1 is 1.39 bits per heavy atom. The Balaban J connectivity index is 2.48. The average Bonchev–Trinajstić information content (AvgIpc) is 2.50. The molecule has 0 atom stereocenters. The first kappa shape index (κ1) is 12.2. The van der Waals surface area contributed by atoms with E-state index in [2.05, 4.69) is 0 Å². The molecular weight excluding hydrogens is 235 g/mol. The maximum absolute atomic E-state index is 13.2. The van der Waals surface area contributed by atoms with Crippen LogP contribution in [0.4, 0.5) is 10.1 Å². The van der Waals surface area contributed by atoms with Gasteiger partial charge in [0.2, 0.25) is 11.8 Å². The third kappa shape index (κ3) is 1.76. The van der Waals surface area contributed by atoms with Gasteiger partial charge in [-0.2, -0.15) is 5.26 Å². The fraction of sp³-hybridized carbons (Fsp3) is 0.308. The SMILES string of the molecule is CC1(C)CC(=O)N(c2ccc(F)c(C#N)c2)C1=O. The zero-order valence-corrected chi connectivity index (χ0v) is 10.0. The number of nitrogens with zero attached hydrogens (tertiary/aromatic N) is 2. The summed E-state index contributed by atoms with van der Waals surface area (Å²) < 4.78 is 13.2. The molecular formula is C13H11FN2O2. The van der Waals surface area contributed by atoms with Crippen LogP contribution in [0.25, 0.3) is 0 Å². The number of halogens is 1. The lowest BCUT2D eigenvalue weighted by Gasteiger charge is -2.17. The van der Waals surface area contributed by atoms with Crippen molar-refractivity contribution < 1.29 is 14.0 Å². The number of amides is 2. The summed E-state index contributed by atoms with van der Waals surface area (Å²) in [5.74, 6) is -1.33. The summed E-state index contributed by atoms with van der Waals surface area (Å²) in [6.07, 6.45) is 0.116. The minimum Gasteiger partial charge on any atom is -0.274 e. The summed E-state index contributed by atoms with van der Waals surface area (Å²) in [7, 11) is 0. The first-order valence-electron chi connectivity index (χ1n) is 5.44. The third-order valence-corrected chi connectivity index (χ3v) is 2.95. The molecule has 0 unspecified atom stereocenters. The highest BCUT2D eigenvalue weighted by Crippen LogP contribution is 2.35. The van der Waals surface area contributed by atoms with E-state index in [1.54, 1.807) is 19.9 Å². The van der Waals surface area contributed by atoms with Crippen molar-refractivity contribution in [2.45, 2.75) is 20.3 Å². The van der Waals surface area contributed by atoms with E-state index < -0.39 is 11.2 Å². The van der Waals surface area contributed by atoms with Crippen LogP contribution in [0, 0.1) is 22.6 Å².